The standard InChI is InChI=1S/C27H26FNO4/c1-17-15-27(2,3)29-23-13-12-20(21-11-10-18(28)14-24(21)31-4)22(25(17)23)16-32-26(30)33-19-8-6-5-7-9-19/h5-15,29H,16H2,1-4H3. The van der Waals surface area contributed by atoms with Crippen molar-refractivity contribution in [3.63, 3.8) is 0 Å². The molecule has 5 nitrogen and oxygen atoms in total. The lowest BCUT2D eigenvalue weighted by Gasteiger charge is -2.33. The van der Waals surface area contributed by atoms with Crippen molar-refractivity contribution >= 4 is 17.4 Å². The molecule has 1 aliphatic heterocycles. The number of methoxy groups -OCH3 is 1. The zero-order valence-corrected chi connectivity index (χ0v) is 19.1. The molecule has 0 radical (unpaired) electrons. The minimum atomic E-state index is -0.804. The lowest BCUT2D eigenvalue weighted by atomic mass is 9.85. The van der Waals surface area contributed by atoms with Crippen LogP contribution in [0.2, 0.25) is 0 Å². The number of allylic oxidation sites excluding steroid dienone is 1. The van der Waals surface area contributed by atoms with E-state index in [1.54, 1.807) is 30.3 Å². The summed E-state index contributed by atoms with van der Waals surface area (Å²) in [4.78, 5) is 12.4. The maximum Gasteiger partial charge on any atom is 0.514 e. The normalized spacial score (nSPS) is 13.9. The molecule has 33 heavy (non-hydrogen) atoms. The maximum absolute atomic E-state index is 13.8. The van der Waals surface area contributed by atoms with Crippen LogP contribution in [-0.2, 0) is 11.3 Å². The molecule has 0 saturated heterocycles. The number of anilines is 1. The molecule has 0 aromatic heterocycles. The van der Waals surface area contributed by atoms with Crippen molar-refractivity contribution in [2.24, 2.45) is 0 Å². The Morgan fingerprint density at radius 3 is 2.48 bits per heavy atom. The van der Waals surface area contributed by atoms with Gasteiger partial charge in [-0.25, -0.2) is 9.18 Å². The Balaban J connectivity index is 1.75. The Kier molecular flexibility index (Phi) is 6.09. The van der Waals surface area contributed by atoms with Crippen LogP contribution in [0.25, 0.3) is 16.7 Å². The van der Waals surface area contributed by atoms with Crippen molar-refractivity contribution in [1.29, 1.82) is 0 Å². The van der Waals surface area contributed by atoms with E-state index in [-0.39, 0.29) is 12.1 Å². The SMILES string of the molecule is COc1cc(F)ccc1-c1ccc2c(c1COC(=O)Oc1ccccc1)C(C)=CC(C)(C)N2. The van der Waals surface area contributed by atoms with E-state index < -0.39 is 12.0 Å². The van der Waals surface area contributed by atoms with Crippen molar-refractivity contribution in [2.75, 3.05) is 12.4 Å². The number of para-hydroxylation sites is 1. The molecule has 0 amide bonds. The predicted octanol–water partition coefficient (Wildman–Crippen LogP) is 6.82. The fourth-order valence-electron chi connectivity index (χ4n) is 4.23. The van der Waals surface area contributed by atoms with Crippen LogP contribution in [0.15, 0.2) is 66.7 Å². The van der Waals surface area contributed by atoms with E-state index in [1.165, 1.54) is 19.2 Å². The van der Waals surface area contributed by atoms with Crippen LogP contribution in [0.5, 0.6) is 11.5 Å². The van der Waals surface area contributed by atoms with Crippen LogP contribution in [0, 0.1) is 5.82 Å². The third-order valence-electron chi connectivity index (χ3n) is 5.47. The number of halogens is 1. The first-order valence-corrected chi connectivity index (χ1v) is 10.6. The molecule has 0 saturated carbocycles. The first-order chi connectivity index (χ1) is 15.8. The smallest absolute Gasteiger partial charge is 0.496 e. The Bertz CT molecular complexity index is 1220. The van der Waals surface area contributed by atoms with Gasteiger partial charge in [0.25, 0.3) is 0 Å². The fourth-order valence-corrected chi connectivity index (χ4v) is 4.23. The topological polar surface area (TPSA) is 56.8 Å². The maximum atomic E-state index is 13.8. The number of benzene rings is 3. The van der Waals surface area contributed by atoms with E-state index in [1.807, 2.05) is 25.1 Å². The zero-order valence-electron chi connectivity index (χ0n) is 19.1. The van der Waals surface area contributed by atoms with Gasteiger partial charge in [-0.1, -0.05) is 30.3 Å². The van der Waals surface area contributed by atoms with Crippen LogP contribution < -0.4 is 14.8 Å². The second-order valence-electron chi connectivity index (χ2n) is 8.49. The van der Waals surface area contributed by atoms with Gasteiger partial charge in [0.15, 0.2) is 0 Å². The van der Waals surface area contributed by atoms with Gasteiger partial charge in [-0.3, -0.25) is 0 Å². The molecule has 0 bridgehead atoms. The molecule has 0 spiro atoms. The molecule has 0 aliphatic carbocycles. The van der Waals surface area contributed by atoms with Crippen LogP contribution in [0.4, 0.5) is 14.9 Å². The third kappa shape index (κ3) is 4.85. The van der Waals surface area contributed by atoms with E-state index >= 15 is 0 Å². The summed E-state index contributed by atoms with van der Waals surface area (Å²) in [6.45, 7) is 6.17. The summed E-state index contributed by atoms with van der Waals surface area (Å²) in [5, 5.41) is 3.51. The number of ether oxygens (including phenoxy) is 3. The predicted molar refractivity (Wildman–Crippen MR) is 127 cm³/mol. The summed E-state index contributed by atoms with van der Waals surface area (Å²) in [7, 11) is 1.50. The molecular weight excluding hydrogens is 421 g/mol. The van der Waals surface area contributed by atoms with E-state index in [0.29, 0.717) is 17.1 Å². The van der Waals surface area contributed by atoms with Crippen molar-refractivity contribution < 1.29 is 23.4 Å². The highest BCUT2D eigenvalue weighted by Gasteiger charge is 2.27. The largest absolute Gasteiger partial charge is 0.514 e. The van der Waals surface area contributed by atoms with Gasteiger partial charge in [0.2, 0.25) is 0 Å². The van der Waals surface area contributed by atoms with Gasteiger partial charge in [-0.15, -0.1) is 0 Å². The van der Waals surface area contributed by atoms with Crippen LogP contribution in [-0.4, -0.2) is 18.8 Å². The molecule has 0 fully saturated rings. The highest BCUT2D eigenvalue weighted by Crippen LogP contribution is 2.42. The summed E-state index contributed by atoms with van der Waals surface area (Å²) >= 11 is 0. The highest BCUT2D eigenvalue weighted by molar-refractivity contribution is 5.88. The summed E-state index contributed by atoms with van der Waals surface area (Å²) < 4.78 is 30.1. The van der Waals surface area contributed by atoms with Gasteiger partial charge >= 0.3 is 6.16 Å². The lowest BCUT2D eigenvalue weighted by Crippen LogP contribution is -2.32. The first kappa shape index (κ1) is 22.4. The van der Waals surface area contributed by atoms with Gasteiger partial charge < -0.3 is 19.5 Å². The van der Waals surface area contributed by atoms with Crippen molar-refractivity contribution in [3.8, 4) is 22.6 Å². The highest BCUT2D eigenvalue weighted by atomic mass is 19.1. The molecule has 1 heterocycles. The molecule has 170 valence electrons. The monoisotopic (exact) mass is 447 g/mol. The molecule has 3 aromatic rings. The van der Waals surface area contributed by atoms with E-state index in [4.69, 9.17) is 14.2 Å². The van der Waals surface area contributed by atoms with Gasteiger partial charge in [0.1, 0.15) is 23.9 Å². The summed E-state index contributed by atoms with van der Waals surface area (Å²) in [6, 6.07) is 17.0. The second-order valence-corrected chi connectivity index (χ2v) is 8.49. The van der Waals surface area contributed by atoms with Crippen LogP contribution in [0.1, 0.15) is 31.9 Å². The third-order valence-corrected chi connectivity index (χ3v) is 5.47. The number of nitrogens with one attached hydrogen (secondary N) is 1. The number of carbonyl (C=O) groups is 1. The summed E-state index contributed by atoms with van der Waals surface area (Å²) in [6.07, 6.45) is 1.33. The molecule has 3 aromatic carbocycles. The Hall–Kier alpha value is -3.80. The van der Waals surface area contributed by atoms with Crippen LogP contribution in [0.3, 0.4) is 0 Å². The zero-order chi connectivity index (χ0) is 23.6. The van der Waals surface area contributed by atoms with Crippen LogP contribution >= 0.6 is 0 Å². The summed E-state index contributed by atoms with van der Waals surface area (Å²) in [5.41, 5.74) is 4.95. The van der Waals surface area contributed by atoms with Gasteiger partial charge in [0, 0.05) is 28.4 Å². The minimum absolute atomic E-state index is 0.0298. The second kappa shape index (κ2) is 8.98. The molecular formula is C27H26FNO4. The molecule has 1 aliphatic rings. The quantitative estimate of drug-likeness (QED) is 0.343. The average Bonchev–Trinajstić information content (AvgIpc) is 2.77. The van der Waals surface area contributed by atoms with Gasteiger partial charge in [0.05, 0.1) is 12.6 Å². The molecule has 1 N–H and O–H groups in total. The number of hydrogen-bond acceptors (Lipinski definition) is 5. The molecule has 0 atom stereocenters. The number of carbonyl (C=O) groups excluding carboxylic acids is 1. The number of fused-ring (bicyclic) bond motifs is 1. The van der Waals surface area contributed by atoms with Crippen molar-refractivity contribution in [3.05, 3.63) is 83.7 Å². The van der Waals surface area contributed by atoms with Crippen molar-refractivity contribution in [1.82, 2.24) is 0 Å². The first-order valence-electron chi connectivity index (χ1n) is 10.6. The van der Waals surface area contributed by atoms with Crippen molar-refractivity contribution in [2.45, 2.75) is 32.9 Å². The van der Waals surface area contributed by atoms with E-state index in [2.05, 4.69) is 25.2 Å². The summed E-state index contributed by atoms with van der Waals surface area (Å²) in [5.74, 6) is 0.406. The Morgan fingerprint density at radius 2 is 1.76 bits per heavy atom. The minimum Gasteiger partial charge on any atom is -0.496 e. The van der Waals surface area contributed by atoms with E-state index in [0.717, 1.165) is 28.0 Å². The number of rotatable bonds is 5. The van der Waals surface area contributed by atoms with E-state index in [9.17, 15) is 9.18 Å². The fraction of sp³-hybridized carbons (Fsp3) is 0.222. The molecule has 6 heteroatoms. The molecule has 0 unspecified atom stereocenters. The Morgan fingerprint density at radius 1 is 1.03 bits per heavy atom. The Labute approximate surface area is 192 Å². The average molecular weight is 448 g/mol. The van der Waals surface area contributed by atoms with Gasteiger partial charge in [-0.2, -0.15) is 0 Å². The lowest BCUT2D eigenvalue weighted by molar-refractivity contribution is 0.0928. The van der Waals surface area contributed by atoms with Gasteiger partial charge in [-0.05, 0) is 62.2 Å². The molecule has 4 rings (SSSR count). The number of hydrogen-bond donors (Lipinski definition) is 1.